The van der Waals surface area contributed by atoms with Crippen molar-refractivity contribution in [1.82, 2.24) is 19.9 Å². The van der Waals surface area contributed by atoms with E-state index in [1.165, 1.54) is 0 Å². The molecule has 130 valence electrons. The molecule has 1 aliphatic heterocycles. The topological polar surface area (TPSA) is 150 Å². The summed E-state index contributed by atoms with van der Waals surface area (Å²) in [7, 11) is 0. The number of H-pyrrole nitrogens is 1. The molecule has 2 aromatic rings. The smallest absolute Gasteiger partial charge is 0.183 e. The number of hydrogen-bond acceptors (Lipinski definition) is 8. The molecule has 3 rings (SSSR count). The molecule has 1 saturated heterocycles. The van der Waals surface area contributed by atoms with E-state index in [4.69, 9.17) is 15.6 Å². The molecule has 1 unspecified atom stereocenters. The quantitative estimate of drug-likeness (QED) is 0.463. The van der Waals surface area contributed by atoms with E-state index < -0.39 is 31.0 Å². The molecule has 9 heteroatoms. The van der Waals surface area contributed by atoms with E-state index in [1.54, 1.807) is 0 Å². The lowest BCUT2D eigenvalue weighted by Gasteiger charge is -2.11. The number of aryl methyl sites for hydroxylation is 1. The first-order valence-corrected chi connectivity index (χ1v) is 7.69. The molecule has 1 aliphatic rings. The first kappa shape index (κ1) is 16.8. The van der Waals surface area contributed by atoms with Gasteiger partial charge in [-0.2, -0.15) is 0 Å². The molecule has 0 aliphatic carbocycles. The SMILES string of the molecule is C=C(C)CCc1nc(N)c2[nH]c(C3O[C@H](CO)[C@@H](O)[C@H]3O)nc2n1. The molecule has 0 bridgehead atoms. The highest BCUT2D eigenvalue weighted by Gasteiger charge is 2.44. The highest BCUT2D eigenvalue weighted by molar-refractivity contribution is 5.81. The van der Waals surface area contributed by atoms with Crippen LogP contribution in [0, 0.1) is 0 Å². The van der Waals surface area contributed by atoms with Crippen LogP contribution >= 0.6 is 0 Å². The average molecular weight is 335 g/mol. The van der Waals surface area contributed by atoms with Crippen LogP contribution in [0.5, 0.6) is 0 Å². The highest BCUT2D eigenvalue weighted by atomic mass is 16.6. The minimum absolute atomic E-state index is 0.252. The van der Waals surface area contributed by atoms with E-state index in [0.29, 0.717) is 23.4 Å². The molecule has 0 amide bonds. The lowest BCUT2D eigenvalue weighted by Crippen LogP contribution is -2.32. The van der Waals surface area contributed by atoms with Crippen molar-refractivity contribution in [2.75, 3.05) is 12.3 Å². The first-order valence-electron chi connectivity index (χ1n) is 7.69. The Balaban J connectivity index is 1.91. The van der Waals surface area contributed by atoms with Crippen LogP contribution < -0.4 is 5.73 Å². The minimum Gasteiger partial charge on any atom is -0.394 e. The van der Waals surface area contributed by atoms with Gasteiger partial charge in [0, 0.05) is 6.42 Å². The number of nitrogens with one attached hydrogen (secondary N) is 1. The highest BCUT2D eigenvalue weighted by Crippen LogP contribution is 2.33. The molecule has 0 saturated carbocycles. The van der Waals surface area contributed by atoms with Crippen LogP contribution in [-0.2, 0) is 11.2 Å². The van der Waals surface area contributed by atoms with Gasteiger partial charge in [0.15, 0.2) is 11.5 Å². The zero-order valence-electron chi connectivity index (χ0n) is 13.3. The summed E-state index contributed by atoms with van der Waals surface area (Å²) in [4.78, 5) is 15.8. The maximum atomic E-state index is 10.1. The standard InChI is InChI=1S/C15H21N5O4/c1-6(2)3-4-8-17-13(16)9-14(18-8)20-15(19-9)12-11(23)10(22)7(5-21)24-12/h7,10-12,21-23H,1,3-5H2,2H3,(H3,16,17,18,19,20)/t7-,10-,11-,12?/m1/s1. The molecule has 4 atom stereocenters. The molecule has 2 aromatic heterocycles. The Morgan fingerprint density at radius 1 is 1.29 bits per heavy atom. The molecule has 0 radical (unpaired) electrons. The third-order valence-electron chi connectivity index (χ3n) is 4.03. The molecule has 6 N–H and O–H groups in total. The van der Waals surface area contributed by atoms with Crippen molar-refractivity contribution in [3.05, 3.63) is 23.8 Å². The summed E-state index contributed by atoms with van der Waals surface area (Å²) in [5.41, 5.74) is 7.79. The van der Waals surface area contributed by atoms with Crippen LogP contribution in [0.25, 0.3) is 11.2 Å². The van der Waals surface area contributed by atoms with E-state index in [0.717, 1.165) is 12.0 Å². The second-order valence-corrected chi connectivity index (χ2v) is 6.06. The third-order valence-corrected chi connectivity index (χ3v) is 4.03. The molecule has 0 aromatic carbocycles. The van der Waals surface area contributed by atoms with Crippen LogP contribution in [0.4, 0.5) is 5.82 Å². The van der Waals surface area contributed by atoms with Crippen molar-refractivity contribution in [2.45, 2.75) is 44.2 Å². The Kier molecular flexibility index (Phi) is 4.50. The minimum atomic E-state index is -1.21. The van der Waals surface area contributed by atoms with Crippen molar-refractivity contribution < 1.29 is 20.1 Å². The van der Waals surface area contributed by atoms with Gasteiger partial charge < -0.3 is 30.8 Å². The fourth-order valence-corrected chi connectivity index (χ4v) is 2.68. The van der Waals surface area contributed by atoms with Gasteiger partial charge in [-0.05, 0) is 13.3 Å². The van der Waals surface area contributed by atoms with Gasteiger partial charge in [-0.3, -0.25) is 0 Å². The normalized spacial score (nSPS) is 27.0. The lowest BCUT2D eigenvalue weighted by molar-refractivity contribution is -0.0249. The third kappa shape index (κ3) is 2.98. The summed E-state index contributed by atoms with van der Waals surface area (Å²) in [6.45, 7) is 5.37. The van der Waals surface area contributed by atoms with Crippen molar-refractivity contribution in [3.8, 4) is 0 Å². The summed E-state index contributed by atoms with van der Waals surface area (Å²) < 4.78 is 5.46. The van der Waals surface area contributed by atoms with Crippen LogP contribution in [0.15, 0.2) is 12.2 Å². The summed E-state index contributed by atoms with van der Waals surface area (Å²) in [6.07, 6.45) is -2.82. The van der Waals surface area contributed by atoms with Crippen molar-refractivity contribution in [2.24, 2.45) is 0 Å². The number of nitrogens with zero attached hydrogens (tertiary/aromatic N) is 3. The number of ether oxygens (including phenoxy) is 1. The van der Waals surface area contributed by atoms with Crippen LogP contribution in [0.1, 0.15) is 31.1 Å². The Morgan fingerprint density at radius 3 is 2.67 bits per heavy atom. The Morgan fingerprint density at radius 2 is 2.04 bits per heavy atom. The van der Waals surface area contributed by atoms with Crippen molar-refractivity contribution in [1.29, 1.82) is 0 Å². The number of aliphatic hydroxyl groups is 3. The van der Waals surface area contributed by atoms with E-state index in [9.17, 15) is 10.2 Å². The fourth-order valence-electron chi connectivity index (χ4n) is 2.68. The summed E-state index contributed by atoms with van der Waals surface area (Å²) in [5, 5.41) is 29.1. The van der Waals surface area contributed by atoms with Crippen LogP contribution in [-0.4, -0.2) is 60.2 Å². The number of nitrogen functional groups attached to an aromatic ring is 1. The number of hydrogen-bond donors (Lipinski definition) is 5. The van der Waals surface area contributed by atoms with E-state index >= 15 is 0 Å². The van der Waals surface area contributed by atoms with Gasteiger partial charge in [-0.15, -0.1) is 6.58 Å². The first-order chi connectivity index (χ1) is 11.4. The van der Waals surface area contributed by atoms with Crippen LogP contribution in [0.3, 0.4) is 0 Å². The number of rotatable bonds is 5. The molecular formula is C15H21N5O4. The summed E-state index contributed by atoms with van der Waals surface area (Å²) >= 11 is 0. The second kappa shape index (κ2) is 6.44. The number of allylic oxidation sites excluding steroid dienone is 1. The average Bonchev–Trinajstić information content (AvgIpc) is 3.08. The molecule has 1 fully saturated rings. The van der Waals surface area contributed by atoms with Crippen molar-refractivity contribution in [3.63, 3.8) is 0 Å². The van der Waals surface area contributed by atoms with E-state index in [2.05, 4.69) is 26.5 Å². The predicted molar refractivity (Wildman–Crippen MR) is 85.9 cm³/mol. The zero-order valence-corrected chi connectivity index (χ0v) is 13.3. The monoisotopic (exact) mass is 335 g/mol. The lowest BCUT2D eigenvalue weighted by atomic mass is 10.1. The maximum Gasteiger partial charge on any atom is 0.183 e. The number of aliphatic hydroxyl groups excluding tert-OH is 3. The number of imidazole rings is 1. The van der Waals surface area contributed by atoms with Gasteiger partial charge in [-0.25, -0.2) is 15.0 Å². The Bertz CT molecular complexity index is 762. The predicted octanol–water partition coefficient (Wildman–Crippen LogP) is -0.402. The largest absolute Gasteiger partial charge is 0.394 e. The Labute approximate surface area is 138 Å². The van der Waals surface area contributed by atoms with Gasteiger partial charge >= 0.3 is 0 Å². The molecule has 3 heterocycles. The molecule has 9 nitrogen and oxygen atoms in total. The summed E-state index contributed by atoms with van der Waals surface area (Å²) in [6, 6.07) is 0. The maximum absolute atomic E-state index is 10.1. The number of aromatic amines is 1. The van der Waals surface area contributed by atoms with Gasteiger partial charge in [0.1, 0.15) is 41.6 Å². The number of anilines is 1. The van der Waals surface area contributed by atoms with Gasteiger partial charge in [0.25, 0.3) is 0 Å². The Hall–Kier alpha value is -2.07. The number of nitrogens with two attached hydrogens (primary N) is 1. The van der Waals surface area contributed by atoms with Gasteiger partial charge in [0.2, 0.25) is 0 Å². The zero-order chi connectivity index (χ0) is 17.4. The van der Waals surface area contributed by atoms with Gasteiger partial charge in [-0.1, -0.05) is 5.57 Å². The van der Waals surface area contributed by atoms with E-state index in [-0.39, 0.29) is 11.6 Å². The number of fused-ring (bicyclic) bond motifs is 1. The fraction of sp³-hybridized carbons (Fsp3) is 0.533. The molecule has 24 heavy (non-hydrogen) atoms. The number of aromatic nitrogens is 4. The van der Waals surface area contributed by atoms with Crippen molar-refractivity contribution >= 4 is 17.0 Å². The second-order valence-electron chi connectivity index (χ2n) is 6.06. The summed E-state index contributed by atoms with van der Waals surface area (Å²) in [5.74, 6) is 1.09. The molecular weight excluding hydrogens is 314 g/mol. The van der Waals surface area contributed by atoms with Crippen LogP contribution in [0.2, 0.25) is 0 Å². The van der Waals surface area contributed by atoms with Gasteiger partial charge in [0.05, 0.1) is 6.61 Å². The molecule has 0 spiro atoms. The van der Waals surface area contributed by atoms with E-state index in [1.807, 2.05) is 6.92 Å².